The lowest BCUT2D eigenvalue weighted by Crippen LogP contribution is -1.70. The van der Waals surface area contributed by atoms with Crippen LogP contribution in [0.5, 0.6) is 5.75 Å². The highest BCUT2D eigenvalue weighted by molar-refractivity contribution is 7.83. The van der Waals surface area contributed by atoms with Gasteiger partial charge < -0.3 is 5.11 Å². The monoisotopic (exact) mass is 207 g/mol. The van der Waals surface area contributed by atoms with E-state index < -0.39 is 0 Å². The number of benzene rings is 1. The zero-order valence-corrected chi connectivity index (χ0v) is 8.19. The van der Waals surface area contributed by atoms with Crippen LogP contribution in [-0.4, -0.2) is 5.11 Å². The van der Waals surface area contributed by atoms with Crippen LogP contribution in [0.25, 0.3) is 10.1 Å². The number of fused-ring (bicyclic) bond motifs is 1. The van der Waals surface area contributed by atoms with Crippen molar-refractivity contribution in [2.45, 2.75) is 4.21 Å². The Morgan fingerprint density at radius 3 is 2.92 bits per heavy atom. The number of hydrogen-bond acceptors (Lipinski definition) is 4. The average Bonchev–Trinajstić information content (AvgIpc) is 2.39. The fraction of sp³-hybridized carbons (Fsp3) is 0. The molecule has 0 aliphatic carbocycles. The van der Waals surface area contributed by atoms with Gasteiger partial charge in [0.1, 0.15) is 11.8 Å². The van der Waals surface area contributed by atoms with Crippen LogP contribution < -0.4 is 0 Å². The van der Waals surface area contributed by atoms with Gasteiger partial charge in [0.25, 0.3) is 0 Å². The Balaban J connectivity index is 2.88. The first kappa shape index (κ1) is 8.42. The minimum absolute atomic E-state index is 0.214. The second kappa shape index (κ2) is 2.95. The molecule has 0 saturated carbocycles. The lowest BCUT2D eigenvalue weighted by molar-refractivity contribution is 0.476. The smallest absolute Gasteiger partial charge is 0.117 e. The lowest BCUT2D eigenvalue weighted by Gasteiger charge is -1.90. The van der Waals surface area contributed by atoms with Crippen LogP contribution in [0.4, 0.5) is 0 Å². The first-order chi connectivity index (χ1) is 6.22. The van der Waals surface area contributed by atoms with E-state index in [0.29, 0.717) is 9.77 Å². The summed E-state index contributed by atoms with van der Waals surface area (Å²) in [6.45, 7) is 0. The standard InChI is InChI=1S/C9H5NOS2/c10-4-7-6-2-1-5(11)3-8(6)13-9(7)12/h1-3,11-12H. The summed E-state index contributed by atoms with van der Waals surface area (Å²) in [4.78, 5) is 0. The van der Waals surface area contributed by atoms with Crippen LogP contribution in [0.3, 0.4) is 0 Å². The molecule has 4 heteroatoms. The van der Waals surface area contributed by atoms with E-state index in [2.05, 4.69) is 18.7 Å². The highest BCUT2D eigenvalue weighted by Gasteiger charge is 2.08. The van der Waals surface area contributed by atoms with Crippen molar-refractivity contribution in [2.75, 3.05) is 0 Å². The molecule has 0 aliphatic heterocycles. The van der Waals surface area contributed by atoms with Crippen molar-refractivity contribution in [3.8, 4) is 11.8 Å². The van der Waals surface area contributed by atoms with E-state index in [1.54, 1.807) is 18.2 Å². The molecule has 0 amide bonds. The molecule has 0 spiro atoms. The summed E-state index contributed by atoms with van der Waals surface area (Å²) in [6.07, 6.45) is 0. The number of phenolic OH excluding ortho intramolecular Hbond substituents is 1. The Kier molecular flexibility index (Phi) is 1.91. The second-order valence-electron chi connectivity index (χ2n) is 2.57. The van der Waals surface area contributed by atoms with Crippen molar-refractivity contribution in [1.82, 2.24) is 0 Å². The zero-order valence-electron chi connectivity index (χ0n) is 6.48. The van der Waals surface area contributed by atoms with Crippen molar-refractivity contribution in [1.29, 1.82) is 5.26 Å². The number of thiol groups is 1. The van der Waals surface area contributed by atoms with Gasteiger partial charge in [-0.1, -0.05) is 0 Å². The van der Waals surface area contributed by atoms with Crippen LogP contribution in [-0.2, 0) is 0 Å². The van der Waals surface area contributed by atoms with E-state index in [-0.39, 0.29) is 5.75 Å². The van der Waals surface area contributed by atoms with Crippen molar-refractivity contribution >= 4 is 34.1 Å². The van der Waals surface area contributed by atoms with Crippen LogP contribution in [0.1, 0.15) is 5.56 Å². The van der Waals surface area contributed by atoms with Crippen LogP contribution in [0, 0.1) is 11.3 Å². The Labute approximate surface area is 84.5 Å². The Hall–Kier alpha value is -1.18. The van der Waals surface area contributed by atoms with Gasteiger partial charge in [0.2, 0.25) is 0 Å². The fourth-order valence-corrected chi connectivity index (χ4v) is 2.57. The first-order valence-electron chi connectivity index (χ1n) is 3.57. The van der Waals surface area contributed by atoms with Gasteiger partial charge in [-0.2, -0.15) is 5.26 Å². The molecule has 1 aromatic heterocycles. The number of rotatable bonds is 0. The van der Waals surface area contributed by atoms with Gasteiger partial charge in [-0.05, 0) is 18.2 Å². The minimum atomic E-state index is 0.214. The zero-order chi connectivity index (χ0) is 9.42. The largest absolute Gasteiger partial charge is 0.508 e. The maximum Gasteiger partial charge on any atom is 0.117 e. The average molecular weight is 207 g/mol. The molecule has 13 heavy (non-hydrogen) atoms. The third-order valence-corrected chi connectivity index (χ3v) is 3.22. The lowest BCUT2D eigenvalue weighted by atomic mass is 10.2. The van der Waals surface area contributed by atoms with Gasteiger partial charge in [-0.3, -0.25) is 0 Å². The molecule has 64 valence electrons. The molecular formula is C9H5NOS2. The number of phenols is 1. The Morgan fingerprint density at radius 1 is 1.46 bits per heavy atom. The molecule has 2 aromatic rings. The van der Waals surface area contributed by atoms with Crippen molar-refractivity contribution in [3.63, 3.8) is 0 Å². The van der Waals surface area contributed by atoms with Gasteiger partial charge in [0.05, 0.1) is 9.77 Å². The van der Waals surface area contributed by atoms with Crippen LogP contribution >= 0.6 is 24.0 Å². The topological polar surface area (TPSA) is 44.0 Å². The summed E-state index contributed by atoms with van der Waals surface area (Å²) in [5.41, 5.74) is 0.586. The maximum atomic E-state index is 9.20. The van der Waals surface area contributed by atoms with E-state index in [1.807, 2.05) is 0 Å². The van der Waals surface area contributed by atoms with Crippen molar-refractivity contribution < 1.29 is 5.11 Å². The Morgan fingerprint density at radius 2 is 2.23 bits per heavy atom. The van der Waals surface area contributed by atoms with Gasteiger partial charge in [-0.25, -0.2) is 0 Å². The molecule has 0 saturated heterocycles. The van der Waals surface area contributed by atoms with Gasteiger partial charge in [0, 0.05) is 10.1 Å². The minimum Gasteiger partial charge on any atom is -0.508 e. The summed E-state index contributed by atoms with van der Waals surface area (Å²) in [7, 11) is 0. The normalized spacial score (nSPS) is 10.2. The number of thiophene rings is 1. The van der Waals surface area contributed by atoms with E-state index in [0.717, 1.165) is 10.1 Å². The highest BCUT2D eigenvalue weighted by atomic mass is 32.2. The van der Waals surface area contributed by atoms with Gasteiger partial charge in [0.15, 0.2) is 0 Å². The number of nitriles is 1. The molecule has 2 nitrogen and oxygen atoms in total. The summed E-state index contributed by atoms with van der Waals surface area (Å²) < 4.78 is 1.59. The number of aromatic hydroxyl groups is 1. The molecule has 1 N–H and O–H groups in total. The van der Waals surface area contributed by atoms with Crippen LogP contribution in [0.15, 0.2) is 22.4 Å². The SMILES string of the molecule is N#Cc1c(S)sc2cc(O)ccc12. The van der Waals surface area contributed by atoms with E-state index in [1.165, 1.54) is 11.3 Å². The Bertz CT molecular complexity index is 510. The summed E-state index contributed by atoms with van der Waals surface area (Å²) in [6, 6.07) is 7.04. The second-order valence-corrected chi connectivity index (χ2v) is 4.38. The van der Waals surface area contributed by atoms with Gasteiger partial charge in [-0.15, -0.1) is 24.0 Å². The van der Waals surface area contributed by atoms with Crippen molar-refractivity contribution in [2.24, 2.45) is 0 Å². The molecule has 1 aromatic carbocycles. The summed E-state index contributed by atoms with van der Waals surface area (Å²) in [5, 5.41) is 18.9. The molecule has 0 bridgehead atoms. The highest BCUT2D eigenvalue weighted by Crippen LogP contribution is 2.34. The summed E-state index contributed by atoms with van der Waals surface area (Å²) in [5.74, 6) is 0.214. The third-order valence-electron chi connectivity index (χ3n) is 1.77. The first-order valence-corrected chi connectivity index (χ1v) is 4.83. The molecule has 0 unspecified atom stereocenters. The quantitative estimate of drug-likeness (QED) is 0.652. The predicted molar refractivity (Wildman–Crippen MR) is 55.5 cm³/mol. The predicted octanol–water partition coefficient (Wildman–Crippen LogP) is 2.77. The third kappa shape index (κ3) is 1.26. The number of nitrogens with zero attached hydrogens (tertiary/aromatic N) is 1. The van der Waals surface area contributed by atoms with Crippen LogP contribution in [0.2, 0.25) is 0 Å². The molecule has 1 heterocycles. The van der Waals surface area contributed by atoms with E-state index in [9.17, 15) is 5.11 Å². The molecule has 0 aliphatic rings. The van der Waals surface area contributed by atoms with Crippen molar-refractivity contribution in [3.05, 3.63) is 23.8 Å². The van der Waals surface area contributed by atoms with E-state index in [4.69, 9.17) is 5.26 Å². The van der Waals surface area contributed by atoms with E-state index >= 15 is 0 Å². The molecule has 2 rings (SSSR count). The molecule has 0 fully saturated rings. The molecular weight excluding hydrogens is 202 g/mol. The molecule has 0 radical (unpaired) electrons. The summed E-state index contributed by atoms with van der Waals surface area (Å²) >= 11 is 5.58. The fourth-order valence-electron chi connectivity index (χ4n) is 1.18. The maximum absolute atomic E-state index is 9.20. The number of hydrogen-bond donors (Lipinski definition) is 2. The van der Waals surface area contributed by atoms with Gasteiger partial charge >= 0.3 is 0 Å². The molecule has 0 atom stereocenters.